The van der Waals surface area contributed by atoms with Crippen LogP contribution in [0.15, 0.2) is 35.4 Å². The molecule has 30 heavy (non-hydrogen) atoms. The van der Waals surface area contributed by atoms with Crippen LogP contribution in [0.5, 0.6) is 0 Å². The van der Waals surface area contributed by atoms with E-state index in [2.05, 4.69) is 4.98 Å². The van der Waals surface area contributed by atoms with Crippen molar-refractivity contribution in [3.63, 3.8) is 0 Å². The third-order valence-corrected chi connectivity index (χ3v) is 5.32. The zero-order valence-electron chi connectivity index (χ0n) is 15.3. The zero-order chi connectivity index (χ0) is 22.7. The maximum Gasteiger partial charge on any atom is 0.416 e. The summed E-state index contributed by atoms with van der Waals surface area (Å²) in [6, 6.07) is 7.85. The summed E-state index contributed by atoms with van der Waals surface area (Å²) >= 11 is 0. The molecule has 1 unspecified atom stereocenters. The van der Waals surface area contributed by atoms with Crippen LogP contribution < -0.4 is 10.0 Å². The van der Waals surface area contributed by atoms with Gasteiger partial charge in [-0.1, -0.05) is 30.3 Å². The summed E-state index contributed by atoms with van der Waals surface area (Å²) < 4.78 is 92.5. The van der Waals surface area contributed by atoms with Gasteiger partial charge in [-0.2, -0.15) is 13.2 Å². The number of nitrogens with one attached hydrogen (secondary N) is 2. The van der Waals surface area contributed by atoms with Crippen molar-refractivity contribution < 1.29 is 40.3 Å². The Labute approximate surface area is 168 Å². The number of hydrogen-bond donors (Lipinski definition) is 3. The molecule has 0 fully saturated rings. The van der Waals surface area contributed by atoms with Crippen molar-refractivity contribution in [1.29, 1.82) is 0 Å². The van der Waals surface area contributed by atoms with E-state index in [4.69, 9.17) is 5.11 Å². The predicted octanol–water partition coefficient (Wildman–Crippen LogP) is 1.51. The number of aliphatic hydroxyl groups is 1. The Morgan fingerprint density at radius 1 is 1.17 bits per heavy atom. The summed E-state index contributed by atoms with van der Waals surface area (Å²) in [5, 5.41) is 9.46. The SMILES string of the molecule is CNS(=O)(=O)c1nc(C(=O)NCC(O)C(F)(F)F)c(F)c(F)c1Cc1ccccc1. The minimum Gasteiger partial charge on any atom is -0.382 e. The number of alkyl halides is 3. The second-order valence-electron chi connectivity index (χ2n) is 6.01. The number of sulfonamides is 1. The molecular weight excluding hydrogens is 437 g/mol. The van der Waals surface area contributed by atoms with Crippen LogP contribution in [0.3, 0.4) is 0 Å². The third kappa shape index (κ3) is 5.29. The average Bonchev–Trinajstić information content (AvgIpc) is 2.69. The van der Waals surface area contributed by atoms with Gasteiger partial charge in [-0.25, -0.2) is 26.9 Å². The molecule has 0 radical (unpaired) electrons. The molecule has 0 spiro atoms. The number of aliphatic hydroxyl groups excluding tert-OH is 1. The normalized spacial score (nSPS) is 13.2. The van der Waals surface area contributed by atoms with E-state index in [-0.39, 0.29) is 6.42 Å². The van der Waals surface area contributed by atoms with Crippen LogP contribution in [0.4, 0.5) is 22.0 Å². The number of rotatable bonds is 7. The van der Waals surface area contributed by atoms with Gasteiger partial charge in [-0.05, 0) is 12.6 Å². The maximum absolute atomic E-state index is 14.7. The minimum absolute atomic E-state index is 0.387. The number of benzene rings is 1. The van der Waals surface area contributed by atoms with Crippen molar-refractivity contribution >= 4 is 15.9 Å². The van der Waals surface area contributed by atoms with Gasteiger partial charge in [0.05, 0.1) is 6.54 Å². The number of halogens is 5. The molecule has 0 bridgehead atoms. The summed E-state index contributed by atoms with van der Waals surface area (Å²) in [4.78, 5) is 15.4. The Bertz CT molecular complexity index is 1030. The average molecular weight is 453 g/mol. The smallest absolute Gasteiger partial charge is 0.382 e. The highest BCUT2D eigenvalue weighted by Gasteiger charge is 2.38. The molecule has 1 aromatic carbocycles. The van der Waals surface area contributed by atoms with Gasteiger partial charge in [0.25, 0.3) is 15.9 Å². The first kappa shape index (κ1) is 23.6. The maximum atomic E-state index is 14.7. The molecule has 0 saturated carbocycles. The number of carbonyl (C=O) groups excluding carboxylic acids is 1. The van der Waals surface area contributed by atoms with Crippen molar-refractivity contribution in [2.24, 2.45) is 0 Å². The molecule has 0 aliphatic carbocycles. The van der Waals surface area contributed by atoms with E-state index in [0.717, 1.165) is 7.05 Å². The first-order chi connectivity index (χ1) is 13.9. The van der Waals surface area contributed by atoms with Gasteiger partial charge in [0.2, 0.25) is 0 Å². The standard InChI is InChI=1S/C17H16F5N3O4S/c1-23-30(28,29)16-10(7-9-5-3-2-4-6-9)12(18)13(19)14(25-16)15(27)24-8-11(26)17(20,21)22/h2-6,11,23,26H,7-8H2,1H3,(H,24,27). The summed E-state index contributed by atoms with van der Waals surface area (Å²) in [5.74, 6) is -5.16. The van der Waals surface area contributed by atoms with Crippen LogP contribution in [-0.4, -0.2) is 50.3 Å². The number of amides is 1. The van der Waals surface area contributed by atoms with E-state index < -0.39 is 62.7 Å². The highest BCUT2D eigenvalue weighted by atomic mass is 32.2. The molecule has 1 atom stereocenters. The molecule has 1 aromatic heterocycles. The quantitative estimate of drug-likeness (QED) is 0.551. The number of hydrogen-bond acceptors (Lipinski definition) is 5. The lowest BCUT2D eigenvalue weighted by Crippen LogP contribution is -2.41. The molecule has 13 heteroatoms. The van der Waals surface area contributed by atoms with Crippen LogP contribution in [0, 0.1) is 11.6 Å². The van der Waals surface area contributed by atoms with Crippen LogP contribution in [0.2, 0.25) is 0 Å². The number of pyridine rings is 1. The van der Waals surface area contributed by atoms with Crippen LogP contribution in [-0.2, 0) is 16.4 Å². The molecule has 7 nitrogen and oxygen atoms in total. The van der Waals surface area contributed by atoms with E-state index in [1.54, 1.807) is 23.5 Å². The first-order valence-corrected chi connectivity index (χ1v) is 9.75. The lowest BCUT2D eigenvalue weighted by Gasteiger charge is -2.16. The number of nitrogens with zero attached hydrogens (tertiary/aromatic N) is 1. The Hall–Kier alpha value is -2.64. The molecule has 1 amide bonds. The topological polar surface area (TPSA) is 108 Å². The second kappa shape index (κ2) is 9.02. The zero-order valence-corrected chi connectivity index (χ0v) is 16.1. The Balaban J connectivity index is 2.50. The Morgan fingerprint density at radius 3 is 2.30 bits per heavy atom. The van der Waals surface area contributed by atoms with Gasteiger partial charge in [0.15, 0.2) is 28.5 Å². The van der Waals surface area contributed by atoms with E-state index in [1.165, 1.54) is 12.1 Å². The minimum atomic E-state index is -5.06. The summed E-state index contributed by atoms with van der Waals surface area (Å²) in [6.07, 6.45) is -8.42. The van der Waals surface area contributed by atoms with Crippen molar-refractivity contribution in [3.8, 4) is 0 Å². The van der Waals surface area contributed by atoms with Gasteiger partial charge in [0.1, 0.15) is 0 Å². The van der Waals surface area contributed by atoms with Crippen molar-refractivity contribution in [2.75, 3.05) is 13.6 Å². The van der Waals surface area contributed by atoms with Gasteiger partial charge < -0.3 is 10.4 Å². The molecule has 1 heterocycles. The second-order valence-corrected chi connectivity index (χ2v) is 7.81. The lowest BCUT2D eigenvalue weighted by molar-refractivity contribution is -0.201. The van der Waals surface area contributed by atoms with Crippen molar-refractivity contribution in [3.05, 3.63) is 58.8 Å². The van der Waals surface area contributed by atoms with E-state index in [1.807, 2.05) is 4.72 Å². The van der Waals surface area contributed by atoms with Gasteiger partial charge in [-0.3, -0.25) is 4.79 Å². The molecular formula is C17H16F5N3O4S. The molecule has 164 valence electrons. The molecule has 0 aliphatic rings. The van der Waals surface area contributed by atoms with Crippen LogP contribution >= 0.6 is 0 Å². The van der Waals surface area contributed by atoms with Crippen LogP contribution in [0.25, 0.3) is 0 Å². The van der Waals surface area contributed by atoms with Crippen molar-refractivity contribution in [1.82, 2.24) is 15.0 Å². The Kier molecular flexibility index (Phi) is 7.10. The molecule has 0 aliphatic heterocycles. The van der Waals surface area contributed by atoms with E-state index in [0.29, 0.717) is 5.56 Å². The highest BCUT2D eigenvalue weighted by molar-refractivity contribution is 7.89. The summed E-state index contributed by atoms with van der Waals surface area (Å²) in [7, 11) is -3.50. The summed E-state index contributed by atoms with van der Waals surface area (Å²) in [6.45, 7) is -1.37. The molecule has 2 aromatic rings. The monoisotopic (exact) mass is 453 g/mol. The van der Waals surface area contributed by atoms with Crippen LogP contribution in [0.1, 0.15) is 21.6 Å². The fraction of sp³-hybridized carbons (Fsp3) is 0.294. The highest BCUT2D eigenvalue weighted by Crippen LogP contribution is 2.25. The van der Waals surface area contributed by atoms with Crippen molar-refractivity contribution in [2.45, 2.75) is 23.7 Å². The number of aromatic nitrogens is 1. The first-order valence-electron chi connectivity index (χ1n) is 8.26. The lowest BCUT2D eigenvalue weighted by atomic mass is 10.1. The number of carbonyl (C=O) groups is 1. The van der Waals surface area contributed by atoms with Gasteiger partial charge in [-0.15, -0.1) is 0 Å². The fourth-order valence-electron chi connectivity index (χ4n) is 2.36. The Morgan fingerprint density at radius 2 is 1.77 bits per heavy atom. The predicted molar refractivity (Wildman–Crippen MR) is 94.0 cm³/mol. The van der Waals surface area contributed by atoms with E-state index in [9.17, 15) is 35.2 Å². The largest absolute Gasteiger partial charge is 0.416 e. The third-order valence-electron chi connectivity index (χ3n) is 3.93. The summed E-state index contributed by atoms with van der Waals surface area (Å²) in [5.41, 5.74) is -1.62. The van der Waals surface area contributed by atoms with Gasteiger partial charge in [0, 0.05) is 12.0 Å². The fourth-order valence-corrected chi connectivity index (χ4v) is 3.25. The molecule has 0 saturated heterocycles. The molecule has 2 rings (SSSR count). The van der Waals surface area contributed by atoms with E-state index >= 15 is 0 Å². The molecule has 3 N–H and O–H groups in total. The van der Waals surface area contributed by atoms with Gasteiger partial charge >= 0.3 is 6.18 Å².